The molecule has 0 saturated carbocycles. The van der Waals surface area contributed by atoms with Crippen LogP contribution in [0.1, 0.15) is 24.8 Å². The van der Waals surface area contributed by atoms with Crippen LogP contribution < -0.4 is 10.1 Å². The molecule has 0 aliphatic carbocycles. The topological polar surface area (TPSA) is 21.3 Å². The van der Waals surface area contributed by atoms with Crippen molar-refractivity contribution in [1.29, 1.82) is 0 Å². The molecule has 0 bridgehead atoms. The van der Waals surface area contributed by atoms with Crippen molar-refractivity contribution in [1.82, 2.24) is 5.32 Å². The summed E-state index contributed by atoms with van der Waals surface area (Å²) in [6.07, 6.45) is 1.24. The van der Waals surface area contributed by atoms with Crippen LogP contribution in [0.2, 0.25) is 0 Å². The quantitative estimate of drug-likeness (QED) is 0.773. The number of hydrogen-bond acceptors (Lipinski definition) is 2. The van der Waals surface area contributed by atoms with Gasteiger partial charge in [-0.3, -0.25) is 0 Å². The van der Waals surface area contributed by atoms with Crippen LogP contribution in [-0.2, 0) is 0 Å². The molecule has 2 atom stereocenters. The third-order valence-corrected chi connectivity index (χ3v) is 2.94. The molecule has 1 aliphatic rings. The van der Waals surface area contributed by atoms with Crippen LogP contribution in [-0.4, -0.2) is 19.7 Å². The number of hydrogen-bond donors (Lipinski definition) is 1. The Morgan fingerprint density at radius 1 is 1.29 bits per heavy atom. The first-order chi connectivity index (χ1) is 6.79. The minimum Gasteiger partial charge on any atom is -0.497 e. The van der Waals surface area contributed by atoms with Gasteiger partial charge in [-0.25, -0.2) is 0 Å². The van der Waals surface area contributed by atoms with Crippen molar-refractivity contribution in [2.24, 2.45) is 0 Å². The van der Waals surface area contributed by atoms with Gasteiger partial charge in [-0.2, -0.15) is 0 Å². The van der Waals surface area contributed by atoms with Gasteiger partial charge in [-0.05, 0) is 37.0 Å². The lowest BCUT2D eigenvalue weighted by molar-refractivity contribution is 0.414. The Morgan fingerprint density at radius 3 is 2.50 bits per heavy atom. The predicted octanol–water partition coefficient (Wildman–Crippen LogP) is 2.16. The normalized spacial score (nSPS) is 26.4. The Kier molecular flexibility index (Phi) is 2.73. The van der Waals surface area contributed by atoms with Gasteiger partial charge in [0.05, 0.1) is 7.11 Å². The molecule has 2 unspecified atom stereocenters. The van der Waals surface area contributed by atoms with Crippen molar-refractivity contribution in [2.75, 3.05) is 13.7 Å². The molecule has 2 rings (SSSR count). The first kappa shape index (κ1) is 9.53. The monoisotopic (exact) mass is 191 g/mol. The Morgan fingerprint density at radius 2 is 2.00 bits per heavy atom. The first-order valence-corrected chi connectivity index (χ1v) is 5.17. The van der Waals surface area contributed by atoms with Crippen LogP contribution in [0.3, 0.4) is 0 Å². The summed E-state index contributed by atoms with van der Waals surface area (Å²) in [5.74, 6) is 1.61. The van der Waals surface area contributed by atoms with Gasteiger partial charge in [0.1, 0.15) is 5.75 Å². The van der Waals surface area contributed by atoms with Crippen molar-refractivity contribution in [2.45, 2.75) is 25.3 Å². The molecule has 0 spiro atoms. The molecule has 14 heavy (non-hydrogen) atoms. The average molecular weight is 191 g/mol. The second kappa shape index (κ2) is 4.01. The fourth-order valence-electron chi connectivity index (χ4n) is 2.07. The minimum atomic E-state index is 0.655. The smallest absolute Gasteiger partial charge is 0.118 e. The molecule has 0 aromatic heterocycles. The number of rotatable bonds is 2. The third-order valence-electron chi connectivity index (χ3n) is 2.94. The highest BCUT2D eigenvalue weighted by Gasteiger charge is 2.21. The largest absolute Gasteiger partial charge is 0.497 e. The zero-order valence-corrected chi connectivity index (χ0v) is 8.79. The molecule has 1 aliphatic heterocycles. The van der Waals surface area contributed by atoms with E-state index in [1.165, 1.54) is 12.0 Å². The number of ether oxygens (including phenoxy) is 1. The van der Waals surface area contributed by atoms with E-state index in [0.717, 1.165) is 12.3 Å². The van der Waals surface area contributed by atoms with Gasteiger partial charge in [0.15, 0.2) is 0 Å². The Labute approximate surface area is 85.3 Å². The molecule has 1 fully saturated rings. The van der Waals surface area contributed by atoms with Crippen LogP contribution in [0.5, 0.6) is 5.75 Å². The fourth-order valence-corrected chi connectivity index (χ4v) is 2.07. The van der Waals surface area contributed by atoms with Gasteiger partial charge in [0, 0.05) is 12.6 Å². The maximum atomic E-state index is 5.14. The van der Waals surface area contributed by atoms with Crippen molar-refractivity contribution in [3.8, 4) is 5.75 Å². The molecule has 0 amide bonds. The summed E-state index contributed by atoms with van der Waals surface area (Å²) in [5.41, 5.74) is 1.42. The van der Waals surface area contributed by atoms with Crippen molar-refractivity contribution in [3.63, 3.8) is 0 Å². The molecule has 2 heteroatoms. The van der Waals surface area contributed by atoms with Gasteiger partial charge >= 0.3 is 0 Å². The molecular weight excluding hydrogens is 174 g/mol. The van der Waals surface area contributed by atoms with E-state index in [2.05, 4.69) is 24.4 Å². The lowest BCUT2D eigenvalue weighted by Gasteiger charge is -2.09. The highest BCUT2D eigenvalue weighted by molar-refractivity contribution is 5.30. The average Bonchev–Trinajstić information content (AvgIpc) is 2.65. The maximum absolute atomic E-state index is 5.14. The zero-order chi connectivity index (χ0) is 9.97. The fraction of sp³-hybridized carbons (Fsp3) is 0.500. The maximum Gasteiger partial charge on any atom is 0.118 e. The highest BCUT2D eigenvalue weighted by Crippen LogP contribution is 2.26. The zero-order valence-electron chi connectivity index (χ0n) is 8.79. The van der Waals surface area contributed by atoms with E-state index in [9.17, 15) is 0 Å². The minimum absolute atomic E-state index is 0.655. The highest BCUT2D eigenvalue weighted by atomic mass is 16.5. The molecule has 1 aromatic carbocycles. The van der Waals surface area contributed by atoms with E-state index in [1.807, 2.05) is 12.1 Å². The van der Waals surface area contributed by atoms with Crippen LogP contribution >= 0.6 is 0 Å². The predicted molar refractivity (Wildman–Crippen MR) is 57.8 cm³/mol. The summed E-state index contributed by atoms with van der Waals surface area (Å²) in [7, 11) is 1.70. The number of methoxy groups -OCH3 is 1. The van der Waals surface area contributed by atoms with E-state index in [0.29, 0.717) is 12.0 Å². The number of benzene rings is 1. The summed E-state index contributed by atoms with van der Waals surface area (Å²) >= 11 is 0. The van der Waals surface area contributed by atoms with Crippen LogP contribution in [0.15, 0.2) is 24.3 Å². The first-order valence-electron chi connectivity index (χ1n) is 5.17. The second-order valence-electron chi connectivity index (χ2n) is 4.02. The summed E-state index contributed by atoms with van der Waals surface area (Å²) in [6.45, 7) is 3.34. The lowest BCUT2D eigenvalue weighted by atomic mass is 9.97. The second-order valence-corrected chi connectivity index (χ2v) is 4.02. The van der Waals surface area contributed by atoms with E-state index in [1.54, 1.807) is 7.11 Å². The summed E-state index contributed by atoms with van der Waals surface area (Å²) in [6, 6.07) is 9.07. The molecule has 76 valence electrons. The summed E-state index contributed by atoms with van der Waals surface area (Å²) in [4.78, 5) is 0. The van der Waals surface area contributed by atoms with Gasteiger partial charge < -0.3 is 10.1 Å². The van der Waals surface area contributed by atoms with E-state index < -0.39 is 0 Å². The lowest BCUT2D eigenvalue weighted by Crippen LogP contribution is -2.16. The summed E-state index contributed by atoms with van der Waals surface area (Å²) in [5, 5.41) is 3.47. The standard InChI is InChI=1S/C12H17NO/c1-9-7-11(8-13-9)10-3-5-12(14-2)6-4-10/h3-6,9,11,13H,7-8H2,1-2H3. The Bertz CT molecular complexity index is 294. The summed E-state index contributed by atoms with van der Waals surface area (Å²) < 4.78 is 5.14. The van der Waals surface area contributed by atoms with E-state index in [-0.39, 0.29) is 0 Å². The Hall–Kier alpha value is -1.02. The van der Waals surface area contributed by atoms with Gasteiger partial charge in [0.25, 0.3) is 0 Å². The van der Waals surface area contributed by atoms with E-state index >= 15 is 0 Å². The molecule has 1 saturated heterocycles. The number of nitrogens with one attached hydrogen (secondary N) is 1. The molecule has 1 heterocycles. The molecule has 1 aromatic rings. The van der Waals surface area contributed by atoms with Crippen molar-refractivity contribution in [3.05, 3.63) is 29.8 Å². The van der Waals surface area contributed by atoms with Gasteiger partial charge in [-0.15, -0.1) is 0 Å². The van der Waals surface area contributed by atoms with Crippen molar-refractivity contribution >= 4 is 0 Å². The van der Waals surface area contributed by atoms with Crippen LogP contribution in [0.4, 0.5) is 0 Å². The van der Waals surface area contributed by atoms with Crippen LogP contribution in [0.25, 0.3) is 0 Å². The Balaban J connectivity index is 2.09. The molecular formula is C12H17NO. The molecule has 0 radical (unpaired) electrons. The van der Waals surface area contributed by atoms with Crippen molar-refractivity contribution < 1.29 is 4.74 Å². The van der Waals surface area contributed by atoms with Gasteiger partial charge in [0.2, 0.25) is 0 Å². The van der Waals surface area contributed by atoms with Gasteiger partial charge in [-0.1, -0.05) is 12.1 Å². The molecule has 2 nitrogen and oxygen atoms in total. The third kappa shape index (κ3) is 1.90. The van der Waals surface area contributed by atoms with Crippen LogP contribution in [0, 0.1) is 0 Å². The SMILES string of the molecule is COc1ccc(C2CNC(C)C2)cc1. The van der Waals surface area contributed by atoms with E-state index in [4.69, 9.17) is 4.74 Å². The molecule has 1 N–H and O–H groups in total.